The molecule has 0 radical (unpaired) electrons. The fourth-order valence-electron chi connectivity index (χ4n) is 0.200. The molecule has 0 spiro atoms. The highest BCUT2D eigenvalue weighted by Crippen LogP contribution is 2.11. The predicted octanol–water partition coefficient (Wildman–Crippen LogP) is 0.261. The van der Waals surface area contributed by atoms with Gasteiger partial charge in [0, 0.05) is 22.0 Å². The van der Waals surface area contributed by atoms with Crippen molar-refractivity contribution in [3.63, 3.8) is 0 Å². The molecule has 0 saturated heterocycles. The summed E-state index contributed by atoms with van der Waals surface area (Å²) in [7, 11) is 0. The summed E-state index contributed by atoms with van der Waals surface area (Å²) in [5.41, 5.74) is -0.662. The van der Waals surface area contributed by atoms with Gasteiger partial charge in [-0.05, 0) is 13.8 Å². The molecule has 9 nitrogen and oxygen atoms in total. The number of aliphatic hydroxyl groups excluding tert-OH is 5. The van der Waals surface area contributed by atoms with Crippen molar-refractivity contribution >= 4 is 11.9 Å². The van der Waals surface area contributed by atoms with Crippen molar-refractivity contribution in [2.45, 2.75) is 34.6 Å². The van der Waals surface area contributed by atoms with E-state index in [1.165, 1.54) is 13.8 Å². The van der Waals surface area contributed by atoms with Gasteiger partial charge in [0.1, 0.15) is 0 Å². The van der Waals surface area contributed by atoms with Gasteiger partial charge in [-0.1, -0.05) is 33.9 Å². The monoisotopic (exact) mass is 396 g/mol. The van der Waals surface area contributed by atoms with Crippen LogP contribution in [0, 0.1) is 10.8 Å². The van der Waals surface area contributed by atoms with Crippen LogP contribution in [0.4, 0.5) is 0 Å². The standard InChI is InChI=1S/C5H12O3.C5H12O2.2C4H6O2/c1-5(2-6,3-7)4-8;1-5(2,3-6)4-7;2*1-3(2)4(5)6/h6-8H,2-4H2,1H3;6-7H,3-4H2,1-2H3;2*1H2,2H3,(H,5,6). The molecule has 0 rings (SSSR count). The number of carbonyl (C=O) groups is 2. The maximum absolute atomic E-state index is 9.60. The van der Waals surface area contributed by atoms with Crippen LogP contribution < -0.4 is 0 Å². The maximum atomic E-state index is 9.60. The van der Waals surface area contributed by atoms with Crippen LogP contribution in [0.1, 0.15) is 34.6 Å². The molecule has 0 aliphatic carbocycles. The third-order valence-corrected chi connectivity index (χ3v) is 2.73. The van der Waals surface area contributed by atoms with Crippen molar-refractivity contribution in [2.24, 2.45) is 10.8 Å². The Labute approximate surface area is 160 Å². The molecule has 0 unspecified atom stereocenters. The fraction of sp³-hybridized carbons (Fsp3) is 0.667. The lowest BCUT2D eigenvalue weighted by Gasteiger charge is -2.20. The fourth-order valence-corrected chi connectivity index (χ4v) is 0.200. The molecule has 162 valence electrons. The molecule has 27 heavy (non-hydrogen) atoms. The highest BCUT2D eigenvalue weighted by Gasteiger charge is 2.20. The molecule has 0 aromatic heterocycles. The minimum absolute atomic E-state index is 0.0451. The Kier molecular flexibility index (Phi) is 21.4. The van der Waals surface area contributed by atoms with Gasteiger partial charge in [-0.3, -0.25) is 0 Å². The number of carboxylic acid groups (broad SMARTS) is 2. The first-order chi connectivity index (χ1) is 12.1. The first-order valence-electron chi connectivity index (χ1n) is 7.91. The lowest BCUT2D eigenvalue weighted by molar-refractivity contribution is -0.133. The number of aliphatic hydroxyl groups is 5. The van der Waals surface area contributed by atoms with E-state index in [0.717, 1.165) is 0 Å². The zero-order chi connectivity index (χ0) is 22.8. The zero-order valence-corrected chi connectivity index (χ0v) is 16.9. The highest BCUT2D eigenvalue weighted by atomic mass is 16.4. The van der Waals surface area contributed by atoms with E-state index in [4.69, 9.17) is 35.7 Å². The molecule has 0 aromatic rings. The van der Waals surface area contributed by atoms with E-state index in [2.05, 4.69) is 13.2 Å². The Morgan fingerprint density at radius 2 is 0.852 bits per heavy atom. The lowest BCUT2D eigenvalue weighted by Crippen LogP contribution is -2.29. The van der Waals surface area contributed by atoms with Gasteiger partial charge in [-0.25, -0.2) is 9.59 Å². The summed E-state index contributed by atoms with van der Waals surface area (Å²) in [6, 6.07) is 0. The summed E-state index contributed by atoms with van der Waals surface area (Å²) in [6.07, 6.45) is 0. The lowest BCUT2D eigenvalue weighted by atomic mass is 9.95. The van der Waals surface area contributed by atoms with Crippen molar-refractivity contribution in [1.29, 1.82) is 0 Å². The number of hydrogen-bond acceptors (Lipinski definition) is 7. The van der Waals surface area contributed by atoms with E-state index in [-0.39, 0.29) is 49.6 Å². The van der Waals surface area contributed by atoms with Crippen molar-refractivity contribution in [2.75, 3.05) is 33.0 Å². The minimum atomic E-state index is -0.935. The molecule has 0 atom stereocenters. The molecule has 0 amide bonds. The second-order valence-electron chi connectivity index (χ2n) is 6.94. The zero-order valence-electron chi connectivity index (χ0n) is 16.9. The van der Waals surface area contributed by atoms with Crippen molar-refractivity contribution < 1.29 is 45.3 Å². The van der Waals surface area contributed by atoms with Crippen LogP contribution in [0.15, 0.2) is 24.3 Å². The van der Waals surface area contributed by atoms with E-state index < -0.39 is 17.4 Å². The first kappa shape index (κ1) is 32.9. The Balaban J connectivity index is -0.000000132. The van der Waals surface area contributed by atoms with Gasteiger partial charge in [-0.2, -0.15) is 0 Å². The van der Waals surface area contributed by atoms with Crippen molar-refractivity contribution in [3.8, 4) is 0 Å². The molecule has 0 aliphatic heterocycles. The van der Waals surface area contributed by atoms with Crippen molar-refractivity contribution in [3.05, 3.63) is 24.3 Å². The molecule has 0 aromatic carbocycles. The molecule has 0 bridgehead atoms. The van der Waals surface area contributed by atoms with Gasteiger partial charge in [0.15, 0.2) is 0 Å². The van der Waals surface area contributed by atoms with Gasteiger partial charge in [0.25, 0.3) is 0 Å². The molecular formula is C18H36O9. The van der Waals surface area contributed by atoms with Crippen LogP contribution >= 0.6 is 0 Å². The summed E-state index contributed by atoms with van der Waals surface area (Å²) in [5.74, 6) is -1.87. The molecule has 0 saturated carbocycles. The quantitative estimate of drug-likeness (QED) is 0.297. The average Bonchev–Trinajstić information content (AvgIpc) is 2.62. The Morgan fingerprint density at radius 1 is 0.667 bits per heavy atom. The SMILES string of the molecule is C=C(C)C(=O)O.C=C(C)C(=O)O.CC(C)(CO)CO.CC(CO)(CO)CO. The Morgan fingerprint density at radius 3 is 0.852 bits per heavy atom. The van der Waals surface area contributed by atoms with Gasteiger partial charge in [0.2, 0.25) is 0 Å². The predicted molar refractivity (Wildman–Crippen MR) is 102 cm³/mol. The smallest absolute Gasteiger partial charge is 0.330 e. The number of carboxylic acids is 2. The van der Waals surface area contributed by atoms with E-state index in [1.807, 2.05) is 0 Å². The van der Waals surface area contributed by atoms with Gasteiger partial charge < -0.3 is 35.7 Å². The topological polar surface area (TPSA) is 176 Å². The van der Waals surface area contributed by atoms with Gasteiger partial charge >= 0.3 is 11.9 Å². The second kappa shape index (κ2) is 17.6. The third kappa shape index (κ3) is 26.6. The molecule has 0 fully saturated rings. The number of hydrogen-bond donors (Lipinski definition) is 7. The van der Waals surface area contributed by atoms with Crippen molar-refractivity contribution in [1.82, 2.24) is 0 Å². The van der Waals surface area contributed by atoms with E-state index in [9.17, 15) is 9.59 Å². The van der Waals surface area contributed by atoms with Gasteiger partial charge in [-0.15, -0.1) is 0 Å². The van der Waals surface area contributed by atoms with E-state index in [1.54, 1.807) is 20.8 Å². The Hall–Kier alpha value is -1.78. The summed E-state index contributed by atoms with van der Waals surface area (Å²) >= 11 is 0. The molecular weight excluding hydrogens is 360 g/mol. The normalized spacial score (nSPS) is 10.0. The van der Waals surface area contributed by atoms with Crippen LogP contribution in [0.5, 0.6) is 0 Å². The van der Waals surface area contributed by atoms with Gasteiger partial charge in [0.05, 0.1) is 33.0 Å². The Bertz CT molecular complexity index is 376. The summed E-state index contributed by atoms with van der Waals surface area (Å²) in [6.45, 7) is 14.0. The minimum Gasteiger partial charge on any atom is -0.478 e. The highest BCUT2D eigenvalue weighted by molar-refractivity contribution is 5.85. The average molecular weight is 396 g/mol. The van der Waals surface area contributed by atoms with Crippen LogP contribution in [0.3, 0.4) is 0 Å². The molecule has 0 aliphatic rings. The van der Waals surface area contributed by atoms with E-state index >= 15 is 0 Å². The number of rotatable bonds is 7. The van der Waals surface area contributed by atoms with Crippen LogP contribution in [0.25, 0.3) is 0 Å². The maximum Gasteiger partial charge on any atom is 0.330 e. The summed E-state index contributed by atoms with van der Waals surface area (Å²) < 4.78 is 0. The third-order valence-electron chi connectivity index (χ3n) is 2.73. The van der Waals surface area contributed by atoms with Crippen LogP contribution in [-0.2, 0) is 9.59 Å². The first-order valence-corrected chi connectivity index (χ1v) is 7.91. The second-order valence-corrected chi connectivity index (χ2v) is 6.94. The van der Waals surface area contributed by atoms with Crippen LogP contribution in [0.2, 0.25) is 0 Å². The summed E-state index contributed by atoms with van der Waals surface area (Å²) in [5, 5.41) is 58.0. The van der Waals surface area contributed by atoms with E-state index in [0.29, 0.717) is 0 Å². The number of aliphatic carboxylic acids is 2. The van der Waals surface area contributed by atoms with Crippen LogP contribution in [-0.4, -0.2) is 80.7 Å². The molecule has 7 N–H and O–H groups in total. The molecule has 9 heteroatoms. The summed E-state index contributed by atoms with van der Waals surface area (Å²) in [4.78, 5) is 19.2. The largest absolute Gasteiger partial charge is 0.478 e. The molecule has 0 heterocycles.